The van der Waals surface area contributed by atoms with Gasteiger partial charge in [0.25, 0.3) is 5.92 Å². The van der Waals surface area contributed by atoms with E-state index in [4.69, 9.17) is 0 Å². The van der Waals surface area contributed by atoms with Gasteiger partial charge in [0.1, 0.15) is 0 Å². The van der Waals surface area contributed by atoms with Crippen LogP contribution >= 0.6 is 0 Å². The van der Waals surface area contributed by atoms with Crippen LogP contribution in [0.15, 0.2) is 0 Å². The molecule has 1 unspecified atom stereocenters. The van der Waals surface area contributed by atoms with E-state index in [0.717, 1.165) is 0 Å². The first-order valence-corrected chi connectivity index (χ1v) is 4.69. The van der Waals surface area contributed by atoms with Crippen molar-refractivity contribution in [2.75, 3.05) is 13.1 Å². The second kappa shape index (κ2) is 3.86. The van der Waals surface area contributed by atoms with Crippen LogP contribution in [0, 0.1) is 0 Å². The predicted octanol–water partition coefficient (Wildman–Crippen LogP) is 2.46. The van der Waals surface area contributed by atoms with Gasteiger partial charge in [0, 0.05) is 19.0 Å². The van der Waals surface area contributed by atoms with Crippen molar-refractivity contribution in [1.29, 1.82) is 0 Å². The zero-order valence-corrected chi connectivity index (χ0v) is 8.06. The molecule has 0 amide bonds. The van der Waals surface area contributed by atoms with Crippen molar-refractivity contribution in [1.82, 2.24) is 4.90 Å². The molecule has 0 aliphatic carbocycles. The molecule has 0 bridgehead atoms. The summed E-state index contributed by atoms with van der Waals surface area (Å²) in [4.78, 5) is 1.77. The van der Waals surface area contributed by atoms with Crippen LogP contribution in [-0.4, -0.2) is 36.1 Å². The van der Waals surface area contributed by atoms with Crippen molar-refractivity contribution in [2.24, 2.45) is 0 Å². The Kier molecular flexibility index (Phi) is 3.22. The number of hydrogen-bond acceptors (Lipinski definition) is 1. The largest absolute Gasteiger partial charge is 0.298 e. The van der Waals surface area contributed by atoms with E-state index in [1.165, 1.54) is 0 Å². The van der Waals surface area contributed by atoms with E-state index in [0.29, 0.717) is 13.0 Å². The molecular formula is C9H16F3N. The summed E-state index contributed by atoms with van der Waals surface area (Å²) in [7, 11) is 0. The van der Waals surface area contributed by atoms with Crippen molar-refractivity contribution < 1.29 is 13.2 Å². The Morgan fingerprint density at radius 2 is 2.00 bits per heavy atom. The molecule has 4 heteroatoms. The molecule has 1 aliphatic rings. The topological polar surface area (TPSA) is 3.24 Å². The molecule has 1 aliphatic heterocycles. The SMILES string of the molecule is CC(C)N1CCCC(F)(F)C(F)C1. The number of alkyl halides is 3. The van der Waals surface area contributed by atoms with Crippen LogP contribution in [0.25, 0.3) is 0 Å². The first-order valence-electron chi connectivity index (χ1n) is 4.69. The maximum atomic E-state index is 13.0. The monoisotopic (exact) mass is 195 g/mol. The molecule has 13 heavy (non-hydrogen) atoms. The van der Waals surface area contributed by atoms with Gasteiger partial charge in [-0.1, -0.05) is 0 Å². The van der Waals surface area contributed by atoms with Crippen LogP contribution in [-0.2, 0) is 0 Å². The summed E-state index contributed by atoms with van der Waals surface area (Å²) < 4.78 is 38.8. The molecule has 78 valence electrons. The van der Waals surface area contributed by atoms with Crippen LogP contribution < -0.4 is 0 Å². The van der Waals surface area contributed by atoms with Gasteiger partial charge in [-0.15, -0.1) is 0 Å². The lowest BCUT2D eigenvalue weighted by molar-refractivity contribution is -0.0776. The van der Waals surface area contributed by atoms with Crippen molar-refractivity contribution in [3.8, 4) is 0 Å². The summed E-state index contributed by atoms with van der Waals surface area (Å²) in [5.74, 6) is -3.12. The molecule has 0 N–H and O–H groups in total. The summed E-state index contributed by atoms with van der Waals surface area (Å²) in [6.07, 6.45) is -1.94. The molecule has 1 saturated heterocycles. The molecule has 1 nitrogen and oxygen atoms in total. The van der Waals surface area contributed by atoms with E-state index in [-0.39, 0.29) is 19.0 Å². The molecule has 1 atom stereocenters. The van der Waals surface area contributed by atoms with Crippen molar-refractivity contribution in [2.45, 2.75) is 44.8 Å². The van der Waals surface area contributed by atoms with Gasteiger partial charge in [-0.05, 0) is 26.8 Å². The number of rotatable bonds is 1. The summed E-state index contributed by atoms with van der Waals surface area (Å²) in [5.41, 5.74) is 0. The maximum absolute atomic E-state index is 13.0. The van der Waals surface area contributed by atoms with Gasteiger partial charge >= 0.3 is 0 Å². The van der Waals surface area contributed by atoms with Crippen molar-refractivity contribution in [3.63, 3.8) is 0 Å². The Morgan fingerprint density at radius 3 is 2.54 bits per heavy atom. The third-order valence-corrected chi connectivity index (χ3v) is 2.54. The second-order valence-electron chi connectivity index (χ2n) is 3.92. The van der Waals surface area contributed by atoms with E-state index in [1.807, 2.05) is 13.8 Å². The smallest absolute Gasteiger partial charge is 0.280 e. The van der Waals surface area contributed by atoms with Crippen molar-refractivity contribution >= 4 is 0 Å². The highest BCUT2D eigenvalue weighted by Gasteiger charge is 2.42. The summed E-state index contributed by atoms with van der Waals surface area (Å²) >= 11 is 0. The predicted molar refractivity (Wildman–Crippen MR) is 45.8 cm³/mol. The van der Waals surface area contributed by atoms with Crippen LogP contribution in [0.3, 0.4) is 0 Å². The molecular weight excluding hydrogens is 179 g/mol. The molecule has 0 radical (unpaired) electrons. The van der Waals surface area contributed by atoms with E-state index in [9.17, 15) is 13.2 Å². The Balaban J connectivity index is 2.61. The van der Waals surface area contributed by atoms with E-state index < -0.39 is 12.1 Å². The lowest BCUT2D eigenvalue weighted by Gasteiger charge is -2.26. The highest BCUT2D eigenvalue weighted by atomic mass is 19.3. The Hall–Kier alpha value is -0.250. The number of halogens is 3. The normalized spacial score (nSPS) is 30.5. The molecule has 1 rings (SSSR count). The minimum absolute atomic E-state index is 0.134. The van der Waals surface area contributed by atoms with Crippen molar-refractivity contribution in [3.05, 3.63) is 0 Å². The molecule has 0 aromatic heterocycles. The number of hydrogen-bond donors (Lipinski definition) is 0. The van der Waals surface area contributed by atoms with Gasteiger partial charge in [-0.25, -0.2) is 13.2 Å². The average molecular weight is 195 g/mol. The maximum Gasteiger partial charge on any atom is 0.280 e. The highest BCUT2D eigenvalue weighted by Crippen LogP contribution is 2.30. The van der Waals surface area contributed by atoms with Gasteiger partial charge in [-0.2, -0.15) is 0 Å². The van der Waals surface area contributed by atoms with Crippen LogP contribution in [0.1, 0.15) is 26.7 Å². The van der Waals surface area contributed by atoms with Gasteiger partial charge in [0.05, 0.1) is 0 Å². The molecule has 0 aromatic carbocycles. The van der Waals surface area contributed by atoms with Crippen LogP contribution in [0.4, 0.5) is 13.2 Å². The van der Waals surface area contributed by atoms with E-state index in [1.54, 1.807) is 4.90 Å². The molecule has 0 aromatic rings. The van der Waals surface area contributed by atoms with E-state index >= 15 is 0 Å². The first-order chi connectivity index (χ1) is 5.93. The third kappa shape index (κ3) is 2.59. The third-order valence-electron chi connectivity index (χ3n) is 2.54. The lowest BCUT2D eigenvalue weighted by atomic mass is 10.1. The van der Waals surface area contributed by atoms with Crippen LogP contribution in [0.2, 0.25) is 0 Å². The zero-order chi connectivity index (χ0) is 10.1. The Morgan fingerprint density at radius 1 is 1.38 bits per heavy atom. The molecule has 1 fully saturated rings. The Labute approximate surface area is 76.9 Å². The van der Waals surface area contributed by atoms with Gasteiger partial charge < -0.3 is 0 Å². The summed E-state index contributed by atoms with van der Waals surface area (Å²) in [6.45, 7) is 4.24. The first kappa shape index (κ1) is 10.8. The van der Waals surface area contributed by atoms with E-state index in [2.05, 4.69) is 0 Å². The lowest BCUT2D eigenvalue weighted by Crippen LogP contribution is -2.40. The number of nitrogens with zero attached hydrogens (tertiary/aromatic N) is 1. The fourth-order valence-electron chi connectivity index (χ4n) is 1.57. The van der Waals surface area contributed by atoms with Crippen LogP contribution in [0.5, 0.6) is 0 Å². The standard InChI is InChI=1S/C9H16F3N/c1-7(2)13-5-3-4-9(11,12)8(10)6-13/h7-8H,3-6H2,1-2H3. The van der Waals surface area contributed by atoms with Gasteiger partial charge in [0.2, 0.25) is 0 Å². The second-order valence-corrected chi connectivity index (χ2v) is 3.92. The van der Waals surface area contributed by atoms with Gasteiger partial charge in [0.15, 0.2) is 6.17 Å². The summed E-state index contributed by atoms with van der Waals surface area (Å²) in [6, 6.07) is 0.146. The number of likely N-dealkylation sites (tertiary alicyclic amines) is 1. The fraction of sp³-hybridized carbons (Fsp3) is 1.00. The molecule has 0 saturated carbocycles. The molecule has 1 heterocycles. The minimum Gasteiger partial charge on any atom is -0.298 e. The average Bonchev–Trinajstić information content (AvgIpc) is 2.12. The fourth-order valence-corrected chi connectivity index (χ4v) is 1.57. The quantitative estimate of drug-likeness (QED) is 0.621. The van der Waals surface area contributed by atoms with Gasteiger partial charge in [-0.3, -0.25) is 4.90 Å². The zero-order valence-electron chi connectivity index (χ0n) is 8.06. The summed E-state index contributed by atoms with van der Waals surface area (Å²) in [5, 5.41) is 0. The molecule has 0 spiro atoms. The minimum atomic E-state index is -3.12. The Bertz CT molecular complexity index is 170. The highest BCUT2D eigenvalue weighted by molar-refractivity contribution is 4.84.